The highest BCUT2D eigenvalue weighted by Crippen LogP contribution is 2.60. The van der Waals surface area contributed by atoms with Crippen LogP contribution in [0.1, 0.15) is 25.1 Å². The predicted molar refractivity (Wildman–Crippen MR) is 120 cm³/mol. The number of aromatic nitrogens is 4. The zero-order valence-corrected chi connectivity index (χ0v) is 21.4. The molecule has 1 saturated heterocycles. The molecule has 2 aromatic rings. The maximum Gasteiger partial charge on any atom is 0.478 e. The van der Waals surface area contributed by atoms with Gasteiger partial charge >= 0.3 is 7.82 Å². The molecule has 0 amide bonds. The van der Waals surface area contributed by atoms with Crippen molar-refractivity contribution >= 4 is 32.6 Å². The molecule has 38 heavy (non-hydrogen) atoms. The Morgan fingerprint density at radius 2 is 1.89 bits per heavy atom. The van der Waals surface area contributed by atoms with Gasteiger partial charge in [0.05, 0.1) is 18.8 Å². The van der Waals surface area contributed by atoms with Crippen molar-refractivity contribution in [3.63, 3.8) is 0 Å². The number of hydrogen-bond donors (Lipinski definition) is 7. The van der Waals surface area contributed by atoms with Crippen LogP contribution in [0, 0.1) is 5.92 Å². The van der Waals surface area contributed by atoms with Gasteiger partial charge in [-0.2, -0.15) is 0 Å². The molecule has 0 aromatic carbocycles. The van der Waals surface area contributed by atoms with Gasteiger partial charge in [-0.15, -0.1) is 0 Å². The largest absolute Gasteiger partial charge is 0.756 e. The van der Waals surface area contributed by atoms with Gasteiger partial charge in [0.2, 0.25) is 12.0 Å². The minimum Gasteiger partial charge on any atom is -0.756 e. The van der Waals surface area contributed by atoms with Crippen LogP contribution >= 0.6 is 15.6 Å². The van der Waals surface area contributed by atoms with Crippen molar-refractivity contribution in [3.05, 3.63) is 12.7 Å². The smallest absolute Gasteiger partial charge is 0.478 e. The SMILES string of the molecule is NCC[C@@H]1OP(=O)([O-])OP(=O)(O)OC[C@H]2O[C@H]([C@H](O)[C@@H]2O)n2cnc3c(N)[n+](cnc32)[C@@H]2C[C@H]1[C@@H](O)[C@H]2O. The van der Waals surface area contributed by atoms with Crippen molar-refractivity contribution in [2.75, 3.05) is 18.9 Å². The van der Waals surface area contributed by atoms with Gasteiger partial charge in [0.25, 0.3) is 13.6 Å². The van der Waals surface area contributed by atoms with Gasteiger partial charge in [-0.1, -0.05) is 4.98 Å². The average Bonchev–Trinajstić information content (AvgIpc) is 3.47. The first kappa shape index (κ1) is 27.9. The summed E-state index contributed by atoms with van der Waals surface area (Å²) >= 11 is 0. The lowest BCUT2D eigenvalue weighted by atomic mass is 9.96. The molecule has 8 bridgehead atoms. The third-order valence-electron chi connectivity index (χ3n) is 7.06. The number of rotatable bonds is 2. The average molecular weight is 582 g/mol. The van der Waals surface area contributed by atoms with E-state index in [1.807, 2.05) is 0 Å². The number of ether oxygens (including phenoxy) is 1. The van der Waals surface area contributed by atoms with Gasteiger partial charge in [-0.05, 0) is 19.4 Å². The molecular weight excluding hydrogens is 554 g/mol. The summed E-state index contributed by atoms with van der Waals surface area (Å²) in [6, 6.07) is -0.904. The summed E-state index contributed by atoms with van der Waals surface area (Å²) in [5.41, 5.74) is 12.2. The van der Waals surface area contributed by atoms with Crippen LogP contribution in [0.15, 0.2) is 12.7 Å². The van der Waals surface area contributed by atoms with E-state index in [1.165, 1.54) is 21.8 Å². The second-order valence-corrected chi connectivity index (χ2v) is 12.3. The second-order valence-electron chi connectivity index (χ2n) is 9.37. The number of hydrogen-bond acceptors (Lipinski definition) is 15. The van der Waals surface area contributed by atoms with Crippen LogP contribution < -0.4 is 20.9 Å². The monoisotopic (exact) mass is 582 g/mol. The van der Waals surface area contributed by atoms with Crippen LogP contribution in [0.2, 0.25) is 0 Å². The highest BCUT2D eigenvalue weighted by atomic mass is 31.3. The summed E-state index contributed by atoms with van der Waals surface area (Å²) in [4.78, 5) is 31.1. The number of phosphoric ester groups is 2. The molecule has 1 saturated carbocycles. The number of aliphatic hydroxyl groups is 4. The first-order valence-corrected chi connectivity index (χ1v) is 14.6. The lowest BCUT2D eigenvalue weighted by Crippen LogP contribution is -2.48. The van der Waals surface area contributed by atoms with Crippen molar-refractivity contribution in [1.29, 1.82) is 0 Å². The molecule has 2 unspecified atom stereocenters. The molecule has 9 N–H and O–H groups in total. The molecule has 2 aromatic heterocycles. The van der Waals surface area contributed by atoms with Crippen LogP contribution in [0.5, 0.6) is 0 Å². The van der Waals surface area contributed by atoms with E-state index < -0.39 is 77.1 Å². The standard InChI is InChI=1S/C18H28N6O12P2/c19-2-1-9-7-3-8(13(26)12(7)25)23-6-22-17-11(16(23)20)21-5-24(17)18-15(28)14(27)10(34-18)4-33-37(29,30)36-38(31,32)35-9/h5-10,12-15,18,20,25-28H,1-4,19H2,(H2,29,30,31,32)/t7-,8-,9+,10-,12-,13+,14-,15-,18-/m1/s1. The van der Waals surface area contributed by atoms with Crippen LogP contribution in [0.4, 0.5) is 5.82 Å². The summed E-state index contributed by atoms with van der Waals surface area (Å²) in [6.07, 6.45) is -7.83. The molecule has 4 aliphatic rings. The molecular formula is C18H28N6O12P2. The van der Waals surface area contributed by atoms with Gasteiger partial charge in [0, 0.05) is 5.92 Å². The summed E-state index contributed by atoms with van der Waals surface area (Å²) in [5, 5.41) is 42.6. The molecule has 18 nitrogen and oxygen atoms in total. The van der Waals surface area contributed by atoms with Gasteiger partial charge in [0.1, 0.15) is 36.8 Å². The van der Waals surface area contributed by atoms with Crippen molar-refractivity contribution < 1.29 is 62.0 Å². The van der Waals surface area contributed by atoms with Crippen molar-refractivity contribution in [3.8, 4) is 0 Å². The fourth-order valence-corrected chi connectivity index (χ4v) is 7.49. The number of nitrogen functional groups attached to an aromatic ring is 1. The van der Waals surface area contributed by atoms with E-state index in [-0.39, 0.29) is 36.4 Å². The normalized spacial score (nSPS) is 44.0. The molecule has 11 atom stereocenters. The topological polar surface area (TPSA) is 282 Å². The van der Waals surface area contributed by atoms with E-state index in [4.69, 9.17) is 25.3 Å². The van der Waals surface area contributed by atoms with Crippen molar-refractivity contribution in [1.82, 2.24) is 14.5 Å². The third-order valence-corrected chi connectivity index (χ3v) is 9.69. The molecule has 0 spiro atoms. The fraction of sp³-hybridized carbons (Fsp3) is 0.722. The Morgan fingerprint density at radius 3 is 2.61 bits per heavy atom. The number of phosphoric acid groups is 2. The van der Waals surface area contributed by atoms with Crippen molar-refractivity contribution in [2.24, 2.45) is 11.7 Å². The molecule has 3 aliphatic heterocycles. The Balaban J connectivity index is 1.60. The van der Waals surface area contributed by atoms with E-state index in [1.54, 1.807) is 0 Å². The maximum atomic E-state index is 12.6. The summed E-state index contributed by atoms with van der Waals surface area (Å²) in [7, 11) is -10.9. The zero-order valence-electron chi connectivity index (χ0n) is 19.6. The Kier molecular flexibility index (Phi) is 7.41. The fourth-order valence-electron chi connectivity index (χ4n) is 5.21. The molecule has 212 valence electrons. The lowest BCUT2D eigenvalue weighted by molar-refractivity contribution is -0.717. The number of anilines is 1. The Hall–Kier alpha value is -1.63. The minimum absolute atomic E-state index is 0.0371. The second kappa shape index (κ2) is 10.1. The van der Waals surface area contributed by atoms with Gasteiger partial charge in [-0.3, -0.25) is 13.7 Å². The number of aliphatic hydroxyl groups excluding tert-OH is 4. The highest BCUT2D eigenvalue weighted by molar-refractivity contribution is 7.60. The third kappa shape index (κ3) is 4.90. The van der Waals surface area contributed by atoms with E-state index in [2.05, 4.69) is 14.3 Å². The van der Waals surface area contributed by atoms with E-state index >= 15 is 0 Å². The number of imidazole rings is 1. The highest BCUT2D eigenvalue weighted by Gasteiger charge is 2.50. The van der Waals surface area contributed by atoms with E-state index in [0.29, 0.717) is 0 Å². The number of nitrogens with two attached hydrogens (primary N) is 2. The minimum atomic E-state index is -5.56. The first-order chi connectivity index (χ1) is 17.8. The van der Waals surface area contributed by atoms with Gasteiger partial charge < -0.3 is 50.9 Å². The lowest BCUT2D eigenvalue weighted by Gasteiger charge is -2.33. The molecule has 20 heteroatoms. The van der Waals surface area contributed by atoms with Crippen LogP contribution in [-0.2, 0) is 27.2 Å². The molecule has 5 heterocycles. The molecule has 2 fully saturated rings. The predicted octanol–water partition coefficient (Wildman–Crippen LogP) is -3.45. The van der Waals surface area contributed by atoms with Crippen LogP contribution in [0.3, 0.4) is 0 Å². The maximum absolute atomic E-state index is 12.6. The van der Waals surface area contributed by atoms with Crippen LogP contribution in [-0.4, -0.2) is 89.6 Å². The Labute approximate surface area is 214 Å². The Bertz CT molecular complexity index is 1300. The summed E-state index contributed by atoms with van der Waals surface area (Å²) < 4.78 is 47.2. The van der Waals surface area contributed by atoms with Crippen molar-refractivity contribution in [2.45, 2.75) is 61.7 Å². The molecule has 0 radical (unpaired) electrons. The summed E-state index contributed by atoms with van der Waals surface area (Å²) in [6.45, 7) is -0.950. The van der Waals surface area contributed by atoms with Crippen LogP contribution in [0.25, 0.3) is 11.2 Å². The number of nitrogens with zero attached hydrogens (tertiary/aromatic N) is 4. The van der Waals surface area contributed by atoms with Gasteiger partial charge in [0.15, 0.2) is 11.7 Å². The quantitative estimate of drug-likeness (QED) is 0.134. The molecule has 1 aliphatic carbocycles. The molecule has 6 rings (SSSR count). The van der Waals surface area contributed by atoms with Gasteiger partial charge in [-0.25, -0.2) is 18.4 Å². The van der Waals surface area contributed by atoms with E-state index in [0.717, 1.165) is 0 Å². The Morgan fingerprint density at radius 1 is 1.16 bits per heavy atom. The van der Waals surface area contributed by atoms with E-state index in [9.17, 15) is 39.3 Å². The zero-order chi connectivity index (χ0) is 27.6. The first-order valence-electron chi connectivity index (χ1n) is 11.6. The number of fused-ring (bicyclic) bond motifs is 7. The summed E-state index contributed by atoms with van der Waals surface area (Å²) in [5.74, 6) is -0.980.